The predicted octanol–water partition coefficient (Wildman–Crippen LogP) is 0.416. The molecule has 6 nitrogen and oxygen atoms in total. The second-order valence-electron chi connectivity index (χ2n) is 5.07. The first-order valence-electron chi connectivity index (χ1n) is 7.07. The van der Waals surface area contributed by atoms with Crippen LogP contribution in [0.25, 0.3) is 0 Å². The fourth-order valence-corrected chi connectivity index (χ4v) is 2.16. The van der Waals surface area contributed by atoms with Gasteiger partial charge < -0.3 is 15.4 Å². The third-order valence-corrected chi connectivity index (χ3v) is 3.35. The van der Waals surface area contributed by atoms with E-state index in [4.69, 9.17) is 4.74 Å². The van der Waals surface area contributed by atoms with Gasteiger partial charge in [-0.15, -0.1) is 0 Å². The Morgan fingerprint density at radius 2 is 2.25 bits per heavy atom. The molecule has 1 amide bonds. The Hall–Kier alpha value is -1.53. The molecule has 2 heterocycles. The average molecular weight is 278 g/mol. The Labute approximate surface area is 119 Å². The van der Waals surface area contributed by atoms with Crippen molar-refractivity contribution in [1.82, 2.24) is 20.6 Å². The van der Waals surface area contributed by atoms with E-state index < -0.39 is 0 Å². The molecule has 2 N–H and O–H groups in total. The number of carbonyl (C=O) groups excluding carboxylic acids is 1. The van der Waals surface area contributed by atoms with Crippen LogP contribution in [0.2, 0.25) is 0 Å². The summed E-state index contributed by atoms with van der Waals surface area (Å²) < 4.78 is 5.40. The number of aromatic nitrogens is 2. The highest BCUT2D eigenvalue weighted by Crippen LogP contribution is 2.14. The first-order chi connectivity index (χ1) is 9.70. The number of nitrogens with one attached hydrogen (secondary N) is 2. The molecule has 1 fully saturated rings. The molecule has 0 spiro atoms. The quantitative estimate of drug-likeness (QED) is 0.788. The molecule has 1 aromatic heterocycles. The SMILES string of the molecule is CCCNC1COCC1C(=O)NCc1cnc(C)cn1. The van der Waals surface area contributed by atoms with Crippen LogP contribution in [-0.2, 0) is 16.1 Å². The summed E-state index contributed by atoms with van der Waals surface area (Å²) in [6.07, 6.45) is 4.43. The lowest BCUT2D eigenvalue weighted by molar-refractivity contribution is -0.125. The summed E-state index contributed by atoms with van der Waals surface area (Å²) in [4.78, 5) is 20.6. The van der Waals surface area contributed by atoms with Gasteiger partial charge in [0.2, 0.25) is 5.91 Å². The minimum Gasteiger partial charge on any atom is -0.379 e. The van der Waals surface area contributed by atoms with Crippen LogP contribution in [0.1, 0.15) is 24.7 Å². The molecule has 1 saturated heterocycles. The van der Waals surface area contributed by atoms with Gasteiger partial charge in [0, 0.05) is 12.2 Å². The summed E-state index contributed by atoms with van der Waals surface area (Å²) >= 11 is 0. The molecule has 20 heavy (non-hydrogen) atoms. The zero-order valence-corrected chi connectivity index (χ0v) is 12.1. The molecular formula is C14H22N4O2. The van der Waals surface area contributed by atoms with Crippen molar-refractivity contribution in [1.29, 1.82) is 0 Å². The van der Waals surface area contributed by atoms with Crippen LogP contribution >= 0.6 is 0 Å². The van der Waals surface area contributed by atoms with Gasteiger partial charge in [0.05, 0.1) is 43.3 Å². The topological polar surface area (TPSA) is 76.1 Å². The van der Waals surface area contributed by atoms with E-state index in [1.54, 1.807) is 12.4 Å². The molecular weight excluding hydrogens is 256 g/mol. The van der Waals surface area contributed by atoms with Crippen molar-refractivity contribution in [2.75, 3.05) is 19.8 Å². The van der Waals surface area contributed by atoms with Crippen LogP contribution in [0, 0.1) is 12.8 Å². The normalized spacial score (nSPS) is 21.9. The Bertz CT molecular complexity index is 435. The first kappa shape index (κ1) is 14.9. The molecule has 1 aliphatic rings. The summed E-state index contributed by atoms with van der Waals surface area (Å²) in [5, 5.41) is 6.26. The average Bonchev–Trinajstić information content (AvgIpc) is 2.92. The zero-order chi connectivity index (χ0) is 14.4. The third-order valence-electron chi connectivity index (χ3n) is 3.35. The maximum absolute atomic E-state index is 12.2. The Kier molecular flexibility index (Phi) is 5.43. The van der Waals surface area contributed by atoms with E-state index in [1.807, 2.05) is 6.92 Å². The van der Waals surface area contributed by atoms with Crippen molar-refractivity contribution < 1.29 is 9.53 Å². The number of hydrogen-bond donors (Lipinski definition) is 2. The number of ether oxygens (including phenoxy) is 1. The third kappa shape index (κ3) is 3.98. The van der Waals surface area contributed by atoms with Crippen LogP contribution in [0.3, 0.4) is 0 Å². The second-order valence-corrected chi connectivity index (χ2v) is 5.07. The van der Waals surface area contributed by atoms with Gasteiger partial charge in [0.1, 0.15) is 0 Å². The maximum Gasteiger partial charge on any atom is 0.227 e. The number of amides is 1. The minimum atomic E-state index is -0.125. The van der Waals surface area contributed by atoms with Gasteiger partial charge in [-0.2, -0.15) is 0 Å². The smallest absolute Gasteiger partial charge is 0.227 e. The van der Waals surface area contributed by atoms with Gasteiger partial charge in [-0.3, -0.25) is 14.8 Å². The molecule has 1 aromatic rings. The lowest BCUT2D eigenvalue weighted by atomic mass is 10.0. The van der Waals surface area contributed by atoms with Gasteiger partial charge in [0.25, 0.3) is 0 Å². The lowest BCUT2D eigenvalue weighted by Gasteiger charge is -2.18. The van der Waals surface area contributed by atoms with Crippen LogP contribution in [0.15, 0.2) is 12.4 Å². The van der Waals surface area contributed by atoms with Gasteiger partial charge in [-0.1, -0.05) is 6.92 Å². The lowest BCUT2D eigenvalue weighted by Crippen LogP contribution is -2.44. The van der Waals surface area contributed by atoms with E-state index in [9.17, 15) is 4.79 Å². The number of aryl methyl sites for hydroxylation is 1. The molecule has 0 radical (unpaired) electrons. The highest BCUT2D eigenvalue weighted by molar-refractivity contribution is 5.79. The van der Waals surface area contributed by atoms with E-state index in [1.165, 1.54) is 0 Å². The van der Waals surface area contributed by atoms with E-state index in [-0.39, 0.29) is 17.9 Å². The largest absolute Gasteiger partial charge is 0.379 e. The fourth-order valence-electron chi connectivity index (χ4n) is 2.16. The highest BCUT2D eigenvalue weighted by atomic mass is 16.5. The van der Waals surface area contributed by atoms with Crippen molar-refractivity contribution in [3.63, 3.8) is 0 Å². The number of nitrogens with zero attached hydrogens (tertiary/aromatic N) is 2. The number of hydrogen-bond acceptors (Lipinski definition) is 5. The van der Waals surface area contributed by atoms with Crippen molar-refractivity contribution in [2.24, 2.45) is 5.92 Å². The standard InChI is InChI=1S/C14H22N4O2/c1-3-4-15-13-9-20-8-12(13)14(19)18-7-11-6-16-10(2)5-17-11/h5-6,12-13,15H,3-4,7-9H2,1-2H3,(H,18,19). The summed E-state index contributed by atoms with van der Waals surface area (Å²) in [6, 6.07) is 0.110. The summed E-state index contributed by atoms with van der Waals surface area (Å²) in [5.74, 6) is -0.113. The van der Waals surface area contributed by atoms with Gasteiger partial charge in [-0.05, 0) is 19.9 Å². The molecule has 6 heteroatoms. The van der Waals surface area contributed by atoms with Crippen molar-refractivity contribution in [3.05, 3.63) is 23.8 Å². The van der Waals surface area contributed by atoms with Gasteiger partial charge >= 0.3 is 0 Å². The Balaban J connectivity index is 1.83. The molecule has 2 rings (SSSR count). The van der Waals surface area contributed by atoms with Crippen molar-refractivity contribution in [3.8, 4) is 0 Å². The molecule has 2 unspecified atom stereocenters. The first-order valence-corrected chi connectivity index (χ1v) is 7.07. The van der Waals surface area contributed by atoms with Crippen molar-refractivity contribution in [2.45, 2.75) is 32.9 Å². The zero-order valence-electron chi connectivity index (χ0n) is 12.1. The molecule has 0 aliphatic carbocycles. The molecule has 0 saturated carbocycles. The molecule has 1 aliphatic heterocycles. The molecule has 110 valence electrons. The van der Waals surface area contributed by atoms with Crippen LogP contribution in [-0.4, -0.2) is 41.7 Å². The van der Waals surface area contributed by atoms with Crippen LogP contribution < -0.4 is 10.6 Å². The minimum absolute atomic E-state index is 0.0125. The summed E-state index contributed by atoms with van der Waals surface area (Å²) in [6.45, 7) is 6.38. The molecule has 0 aromatic carbocycles. The summed E-state index contributed by atoms with van der Waals surface area (Å²) in [5.41, 5.74) is 1.63. The highest BCUT2D eigenvalue weighted by Gasteiger charge is 2.33. The van der Waals surface area contributed by atoms with E-state index in [0.717, 1.165) is 24.4 Å². The Morgan fingerprint density at radius 1 is 1.40 bits per heavy atom. The monoisotopic (exact) mass is 278 g/mol. The number of carbonyl (C=O) groups is 1. The predicted molar refractivity (Wildman–Crippen MR) is 75.0 cm³/mol. The molecule has 0 bridgehead atoms. The van der Waals surface area contributed by atoms with Gasteiger partial charge in [0.15, 0.2) is 0 Å². The fraction of sp³-hybridized carbons (Fsp3) is 0.643. The number of rotatable bonds is 6. The maximum atomic E-state index is 12.2. The van der Waals surface area contributed by atoms with Crippen molar-refractivity contribution >= 4 is 5.91 Å². The van der Waals surface area contributed by atoms with E-state index in [2.05, 4.69) is 27.5 Å². The van der Waals surface area contributed by atoms with E-state index >= 15 is 0 Å². The molecule has 2 atom stereocenters. The van der Waals surface area contributed by atoms with E-state index in [0.29, 0.717) is 19.8 Å². The Morgan fingerprint density at radius 3 is 2.95 bits per heavy atom. The second kappa shape index (κ2) is 7.31. The van der Waals surface area contributed by atoms with Crippen LogP contribution in [0.4, 0.5) is 0 Å². The summed E-state index contributed by atoms with van der Waals surface area (Å²) in [7, 11) is 0. The van der Waals surface area contributed by atoms with Crippen LogP contribution in [0.5, 0.6) is 0 Å². The van der Waals surface area contributed by atoms with Gasteiger partial charge in [-0.25, -0.2) is 0 Å².